The van der Waals surface area contributed by atoms with Gasteiger partial charge in [-0.2, -0.15) is 0 Å². The molecule has 0 saturated heterocycles. The molecule has 1 amide bonds. The van der Waals surface area contributed by atoms with Gasteiger partial charge in [0.25, 0.3) is 0 Å². The lowest BCUT2D eigenvalue weighted by Gasteiger charge is -2.12. The zero-order valence-electron chi connectivity index (χ0n) is 13.0. The zero-order chi connectivity index (χ0) is 15.7. The Labute approximate surface area is 130 Å². The Morgan fingerprint density at radius 1 is 1.38 bits per heavy atom. The molecule has 1 unspecified atom stereocenters. The molecule has 6 heteroatoms. The number of amides is 1. The van der Waals surface area contributed by atoms with Gasteiger partial charge in [-0.25, -0.2) is 4.98 Å². The smallest absolute Gasteiger partial charge is 0.311 e. The minimum atomic E-state index is -0.296. The first-order chi connectivity index (χ1) is 10.1. The van der Waals surface area contributed by atoms with Gasteiger partial charge >= 0.3 is 5.97 Å². The maximum Gasteiger partial charge on any atom is 0.311 e. The zero-order valence-corrected chi connectivity index (χ0v) is 13.8. The minimum absolute atomic E-state index is 0.0167. The normalized spacial score (nSPS) is 12.0. The number of nitrogens with zero attached hydrogens (tertiary/aromatic N) is 1. The maximum absolute atomic E-state index is 12.1. The van der Waals surface area contributed by atoms with Crippen LogP contribution in [0, 0.1) is 5.92 Å². The number of anilines is 1. The highest BCUT2D eigenvalue weighted by Gasteiger charge is 2.17. The molecule has 0 radical (unpaired) electrons. The molecule has 0 aliphatic rings. The molecule has 0 fully saturated rings. The molecule has 1 aromatic heterocycles. The Morgan fingerprint density at radius 3 is 2.76 bits per heavy atom. The average Bonchev–Trinajstić information content (AvgIpc) is 2.87. The second-order valence-electron chi connectivity index (χ2n) is 4.86. The van der Waals surface area contributed by atoms with Gasteiger partial charge in [0.2, 0.25) is 5.91 Å². The Balaban J connectivity index is 2.52. The molecule has 1 heterocycles. The number of hydrogen-bond acceptors (Lipinski definition) is 5. The van der Waals surface area contributed by atoms with Crippen molar-refractivity contribution in [3.63, 3.8) is 0 Å². The van der Waals surface area contributed by atoms with Gasteiger partial charge in [0, 0.05) is 11.3 Å². The van der Waals surface area contributed by atoms with Gasteiger partial charge in [-0.1, -0.05) is 26.7 Å². The quantitative estimate of drug-likeness (QED) is 0.710. The molecule has 5 nitrogen and oxygen atoms in total. The molecule has 0 aliphatic heterocycles. The Morgan fingerprint density at radius 2 is 2.14 bits per heavy atom. The summed E-state index contributed by atoms with van der Waals surface area (Å²) in [5, 5.41) is 5.17. The van der Waals surface area contributed by atoms with E-state index in [0.717, 1.165) is 25.7 Å². The molecule has 1 atom stereocenters. The van der Waals surface area contributed by atoms with Crippen molar-refractivity contribution in [3.8, 4) is 0 Å². The third kappa shape index (κ3) is 6.25. The van der Waals surface area contributed by atoms with Gasteiger partial charge in [0.15, 0.2) is 5.13 Å². The number of hydrogen-bond donors (Lipinski definition) is 1. The summed E-state index contributed by atoms with van der Waals surface area (Å²) in [6.45, 7) is 6.27. The molecule has 0 bridgehead atoms. The van der Waals surface area contributed by atoms with Crippen molar-refractivity contribution >= 4 is 28.3 Å². The van der Waals surface area contributed by atoms with Crippen molar-refractivity contribution in [1.29, 1.82) is 0 Å². The van der Waals surface area contributed by atoms with Crippen LogP contribution >= 0.6 is 11.3 Å². The van der Waals surface area contributed by atoms with E-state index in [0.29, 0.717) is 17.4 Å². The van der Waals surface area contributed by atoms with Crippen molar-refractivity contribution in [1.82, 2.24) is 4.98 Å². The summed E-state index contributed by atoms with van der Waals surface area (Å²) in [7, 11) is 0. The van der Waals surface area contributed by atoms with Gasteiger partial charge in [0.1, 0.15) is 0 Å². The summed E-state index contributed by atoms with van der Waals surface area (Å²) in [6.07, 6.45) is 4.02. The standard InChI is InChI=1S/C15H24N2O3S/c1-4-7-8-11(5-2)14(19)17-15-16-12(10-21-15)9-13(18)20-6-3/h10-11H,4-9H2,1-3H3,(H,16,17,19). The predicted molar refractivity (Wildman–Crippen MR) is 84.4 cm³/mol. The van der Waals surface area contributed by atoms with E-state index in [-0.39, 0.29) is 24.2 Å². The number of aromatic nitrogens is 1. The van der Waals surface area contributed by atoms with Crippen LogP contribution in [0.25, 0.3) is 0 Å². The molecule has 0 aliphatic carbocycles. The Kier molecular flexibility index (Phi) is 7.97. The average molecular weight is 312 g/mol. The number of unbranched alkanes of at least 4 members (excludes halogenated alkanes) is 1. The summed E-state index contributed by atoms with van der Waals surface area (Å²) in [5.74, 6) is -0.250. The molecule has 1 aromatic rings. The second-order valence-corrected chi connectivity index (χ2v) is 5.72. The fourth-order valence-corrected chi connectivity index (χ4v) is 2.70. The van der Waals surface area contributed by atoms with Crippen LogP contribution in [0.15, 0.2) is 5.38 Å². The number of carbonyl (C=O) groups is 2. The SMILES string of the molecule is CCCCC(CC)C(=O)Nc1nc(CC(=O)OCC)cs1. The third-order valence-corrected chi connectivity index (χ3v) is 3.99. The van der Waals surface area contributed by atoms with Crippen LogP contribution in [-0.4, -0.2) is 23.5 Å². The summed E-state index contributed by atoms with van der Waals surface area (Å²) in [6, 6.07) is 0. The van der Waals surface area contributed by atoms with E-state index in [2.05, 4.69) is 17.2 Å². The number of nitrogens with one attached hydrogen (secondary N) is 1. The maximum atomic E-state index is 12.1. The highest BCUT2D eigenvalue weighted by atomic mass is 32.1. The van der Waals surface area contributed by atoms with Gasteiger partial charge in [-0.3, -0.25) is 9.59 Å². The summed E-state index contributed by atoms with van der Waals surface area (Å²) in [5.41, 5.74) is 0.635. The molecule has 21 heavy (non-hydrogen) atoms. The van der Waals surface area contributed by atoms with Crippen LogP contribution in [0.5, 0.6) is 0 Å². The van der Waals surface area contributed by atoms with E-state index in [9.17, 15) is 9.59 Å². The predicted octanol–water partition coefficient (Wildman–Crippen LogP) is 3.40. The molecule has 1 rings (SSSR count). The van der Waals surface area contributed by atoms with Gasteiger partial charge in [-0.05, 0) is 19.8 Å². The molecule has 0 spiro atoms. The lowest BCUT2D eigenvalue weighted by atomic mass is 9.99. The van der Waals surface area contributed by atoms with Crippen LogP contribution in [-0.2, 0) is 20.7 Å². The largest absolute Gasteiger partial charge is 0.466 e. The first kappa shape index (κ1) is 17.6. The molecular formula is C15H24N2O3S. The highest BCUT2D eigenvalue weighted by molar-refractivity contribution is 7.13. The first-order valence-corrected chi connectivity index (χ1v) is 8.39. The number of esters is 1. The van der Waals surface area contributed by atoms with Crippen LogP contribution < -0.4 is 5.32 Å². The molecular weight excluding hydrogens is 288 g/mol. The first-order valence-electron chi connectivity index (χ1n) is 7.51. The van der Waals surface area contributed by atoms with Gasteiger partial charge < -0.3 is 10.1 Å². The summed E-state index contributed by atoms with van der Waals surface area (Å²) in [4.78, 5) is 27.8. The molecule has 118 valence electrons. The van der Waals surface area contributed by atoms with E-state index < -0.39 is 0 Å². The van der Waals surface area contributed by atoms with Crippen molar-refractivity contribution in [2.24, 2.45) is 5.92 Å². The second kappa shape index (κ2) is 9.50. The number of ether oxygens (including phenoxy) is 1. The number of thiazole rings is 1. The fraction of sp³-hybridized carbons (Fsp3) is 0.667. The van der Waals surface area contributed by atoms with Crippen LogP contribution in [0.4, 0.5) is 5.13 Å². The van der Waals surface area contributed by atoms with Gasteiger partial charge in [-0.15, -0.1) is 11.3 Å². The van der Waals surface area contributed by atoms with Gasteiger partial charge in [0.05, 0.1) is 18.7 Å². The highest BCUT2D eigenvalue weighted by Crippen LogP contribution is 2.19. The van der Waals surface area contributed by atoms with Crippen LogP contribution in [0.2, 0.25) is 0 Å². The van der Waals surface area contributed by atoms with E-state index in [4.69, 9.17) is 4.74 Å². The van der Waals surface area contributed by atoms with E-state index in [1.165, 1.54) is 11.3 Å². The lowest BCUT2D eigenvalue weighted by molar-refractivity contribution is -0.142. The number of carbonyl (C=O) groups excluding carboxylic acids is 2. The van der Waals surface area contributed by atoms with E-state index >= 15 is 0 Å². The molecule has 0 saturated carbocycles. The fourth-order valence-electron chi connectivity index (χ4n) is 1.98. The minimum Gasteiger partial charge on any atom is -0.466 e. The summed E-state index contributed by atoms with van der Waals surface area (Å²) >= 11 is 1.34. The molecule has 0 aromatic carbocycles. The topological polar surface area (TPSA) is 68.3 Å². The third-order valence-electron chi connectivity index (χ3n) is 3.18. The van der Waals surface area contributed by atoms with Crippen molar-refractivity contribution in [2.45, 2.75) is 52.9 Å². The van der Waals surface area contributed by atoms with Crippen molar-refractivity contribution in [3.05, 3.63) is 11.1 Å². The molecule has 1 N–H and O–H groups in total. The number of rotatable bonds is 9. The van der Waals surface area contributed by atoms with Crippen molar-refractivity contribution in [2.75, 3.05) is 11.9 Å². The Bertz CT molecular complexity index is 460. The monoisotopic (exact) mass is 312 g/mol. The lowest BCUT2D eigenvalue weighted by Crippen LogP contribution is -2.22. The van der Waals surface area contributed by atoms with Crippen LogP contribution in [0.1, 0.15) is 52.1 Å². The Hall–Kier alpha value is -1.43. The van der Waals surface area contributed by atoms with Crippen LogP contribution in [0.3, 0.4) is 0 Å². The summed E-state index contributed by atoms with van der Waals surface area (Å²) < 4.78 is 4.87. The van der Waals surface area contributed by atoms with E-state index in [1.807, 2.05) is 6.92 Å². The van der Waals surface area contributed by atoms with E-state index in [1.54, 1.807) is 12.3 Å². The van der Waals surface area contributed by atoms with Crippen molar-refractivity contribution < 1.29 is 14.3 Å².